The predicted molar refractivity (Wildman–Crippen MR) is 55.4 cm³/mol. The topological polar surface area (TPSA) is 30.5 Å². The molecule has 0 spiro atoms. The molecule has 0 aromatic rings. The molecule has 0 radical (unpaired) electrons. The maximum Gasteiger partial charge on any atom is 0.0779 e. The molecule has 0 aliphatic carbocycles. The van der Waals surface area contributed by atoms with E-state index in [0.717, 1.165) is 19.8 Å². The summed E-state index contributed by atoms with van der Waals surface area (Å²) in [6.07, 6.45) is 6.54. The summed E-state index contributed by atoms with van der Waals surface area (Å²) >= 11 is 0. The molecule has 3 heteroatoms. The van der Waals surface area contributed by atoms with Crippen LogP contribution >= 0.6 is 0 Å². The maximum atomic E-state index is 5.88. The van der Waals surface area contributed by atoms with Crippen molar-refractivity contribution in [2.45, 2.75) is 43.7 Å². The zero-order chi connectivity index (χ0) is 9.86. The minimum absolute atomic E-state index is 0.120. The summed E-state index contributed by atoms with van der Waals surface area (Å²) in [4.78, 5) is 0. The van der Waals surface area contributed by atoms with Crippen LogP contribution in [-0.4, -0.2) is 38.5 Å². The van der Waals surface area contributed by atoms with Crippen LogP contribution in [0.15, 0.2) is 0 Å². The highest BCUT2D eigenvalue weighted by molar-refractivity contribution is 5.00. The molecule has 2 saturated heterocycles. The average Bonchev–Trinajstić information content (AvgIpc) is 2.70. The molecule has 0 amide bonds. The largest absolute Gasteiger partial charge is 0.383 e. The molecule has 2 aliphatic rings. The van der Waals surface area contributed by atoms with Crippen molar-refractivity contribution in [2.75, 3.05) is 26.9 Å². The molecule has 14 heavy (non-hydrogen) atoms. The molecule has 2 unspecified atom stereocenters. The van der Waals surface area contributed by atoms with Gasteiger partial charge in [0, 0.05) is 13.7 Å². The van der Waals surface area contributed by atoms with Gasteiger partial charge >= 0.3 is 0 Å². The van der Waals surface area contributed by atoms with Crippen LogP contribution < -0.4 is 5.32 Å². The second-order valence-electron chi connectivity index (χ2n) is 4.47. The second kappa shape index (κ2) is 4.60. The highest BCUT2D eigenvalue weighted by Gasteiger charge is 2.42. The maximum absolute atomic E-state index is 5.88. The van der Waals surface area contributed by atoms with Crippen LogP contribution in [-0.2, 0) is 9.47 Å². The Bertz CT molecular complexity index is 172. The molecule has 82 valence electrons. The molecule has 0 bridgehead atoms. The van der Waals surface area contributed by atoms with Gasteiger partial charge in [-0.2, -0.15) is 0 Å². The Labute approximate surface area is 86.2 Å². The quantitative estimate of drug-likeness (QED) is 0.743. The van der Waals surface area contributed by atoms with E-state index in [1.165, 1.54) is 32.1 Å². The van der Waals surface area contributed by atoms with Gasteiger partial charge in [0.25, 0.3) is 0 Å². The van der Waals surface area contributed by atoms with Crippen LogP contribution in [0.2, 0.25) is 0 Å². The minimum atomic E-state index is 0.120. The van der Waals surface area contributed by atoms with Crippen LogP contribution in [0.3, 0.4) is 0 Å². The number of rotatable bonds is 3. The van der Waals surface area contributed by atoms with E-state index in [-0.39, 0.29) is 5.54 Å². The fourth-order valence-corrected chi connectivity index (χ4v) is 2.75. The highest BCUT2D eigenvalue weighted by Crippen LogP contribution is 2.31. The van der Waals surface area contributed by atoms with E-state index >= 15 is 0 Å². The molecule has 2 atom stereocenters. The number of methoxy groups -OCH3 is 1. The van der Waals surface area contributed by atoms with Crippen molar-refractivity contribution in [3.05, 3.63) is 0 Å². The first-order chi connectivity index (χ1) is 6.87. The van der Waals surface area contributed by atoms with Gasteiger partial charge in [0.05, 0.1) is 18.2 Å². The van der Waals surface area contributed by atoms with Crippen LogP contribution in [0, 0.1) is 0 Å². The van der Waals surface area contributed by atoms with E-state index in [9.17, 15) is 0 Å². The van der Waals surface area contributed by atoms with Gasteiger partial charge in [0.1, 0.15) is 0 Å². The minimum Gasteiger partial charge on any atom is -0.383 e. The number of ether oxygens (including phenoxy) is 2. The molecule has 2 aliphatic heterocycles. The lowest BCUT2D eigenvalue weighted by Crippen LogP contribution is -2.55. The van der Waals surface area contributed by atoms with Crippen LogP contribution in [0.25, 0.3) is 0 Å². The molecule has 2 heterocycles. The van der Waals surface area contributed by atoms with Crippen molar-refractivity contribution in [3.8, 4) is 0 Å². The van der Waals surface area contributed by atoms with Gasteiger partial charge in [0.15, 0.2) is 0 Å². The Morgan fingerprint density at radius 2 is 2.36 bits per heavy atom. The summed E-state index contributed by atoms with van der Waals surface area (Å²) in [5.41, 5.74) is 0.120. The van der Waals surface area contributed by atoms with E-state index in [4.69, 9.17) is 9.47 Å². The third-order valence-electron chi connectivity index (χ3n) is 3.47. The van der Waals surface area contributed by atoms with Crippen molar-refractivity contribution in [3.63, 3.8) is 0 Å². The number of nitrogens with one attached hydrogen (secondary N) is 1. The predicted octanol–water partition coefficient (Wildman–Crippen LogP) is 1.32. The van der Waals surface area contributed by atoms with E-state index in [2.05, 4.69) is 5.32 Å². The fourth-order valence-electron chi connectivity index (χ4n) is 2.75. The fraction of sp³-hybridized carbons (Fsp3) is 1.00. The highest BCUT2D eigenvalue weighted by atomic mass is 16.5. The van der Waals surface area contributed by atoms with Gasteiger partial charge in [0.2, 0.25) is 0 Å². The van der Waals surface area contributed by atoms with E-state index in [1.54, 1.807) is 7.11 Å². The van der Waals surface area contributed by atoms with Gasteiger partial charge in [-0.3, -0.25) is 0 Å². The molecular formula is C11H21NO2. The molecule has 2 fully saturated rings. The summed E-state index contributed by atoms with van der Waals surface area (Å²) in [7, 11) is 1.78. The van der Waals surface area contributed by atoms with Gasteiger partial charge in [-0.1, -0.05) is 0 Å². The van der Waals surface area contributed by atoms with Crippen molar-refractivity contribution in [1.29, 1.82) is 0 Å². The van der Waals surface area contributed by atoms with Crippen molar-refractivity contribution in [1.82, 2.24) is 5.32 Å². The first-order valence-corrected chi connectivity index (χ1v) is 5.73. The molecule has 1 N–H and O–H groups in total. The SMILES string of the molecule is COCC1(C2CCCCO2)CCCN1. The first-order valence-electron chi connectivity index (χ1n) is 5.73. The third-order valence-corrected chi connectivity index (χ3v) is 3.47. The van der Waals surface area contributed by atoms with Gasteiger partial charge in [-0.15, -0.1) is 0 Å². The molecule has 3 nitrogen and oxygen atoms in total. The van der Waals surface area contributed by atoms with Crippen molar-refractivity contribution >= 4 is 0 Å². The molecule has 0 saturated carbocycles. The Balaban J connectivity index is 2.00. The smallest absolute Gasteiger partial charge is 0.0779 e. The normalized spacial score (nSPS) is 38.8. The van der Waals surface area contributed by atoms with Crippen molar-refractivity contribution < 1.29 is 9.47 Å². The number of hydrogen-bond acceptors (Lipinski definition) is 3. The lowest BCUT2D eigenvalue weighted by molar-refractivity contribution is -0.0623. The van der Waals surface area contributed by atoms with Gasteiger partial charge in [-0.05, 0) is 38.6 Å². The van der Waals surface area contributed by atoms with Crippen LogP contribution in [0.4, 0.5) is 0 Å². The summed E-state index contributed by atoms with van der Waals surface area (Å²) in [6.45, 7) is 2.83. The van der Waals surface area contributed by atoms with Crippen LogP contribution in [0.5, 0.6) is 0 Å². The zero-order valence-corrected chi connectivity index (χ0v) is 9.05. The van der Waals surface area contributed by atoms with E-state index in [0.29, 0.717) is 6.10 Å². The molecule has 0 aromatic heterocycles. The monoisotopic (exact) mass is 199 g/mol. The van der Waals surface area contributed by atoms with E-state index in [1.807, 2.05) is 0 Å². The lowest BCUT2D eigenvalue weighted by atomic mass is 9.87. The first kappa shape index (κ1) is 10.4. The summed E-state index contributed by atoms with van der Waals surface area (Å²) < 4.78 is 11.2. The number of hydrogen-bond donors (Lipinski definition) is 1. The summed E-state index contributed by atoms with van der Waals surface area (Å²) in [5, 5.41) is 3.59. The Hall–Kier alpha value is -0.120. The summed E-state index contributed by atoms with van der Waals surface area (Å²) in [5.74, 6) is 0. The average molecular weight is 199 g/mol. The molecular weight excluding hydrogens is 178 g/mol. The standard InChI is InChI=1S/C11H21NO2/c1-13-9-11(6-4-7-12-11)10-5-2-3-8-14-10/h10,12H,2-9H2,1H3. The Morgan fingerprint density at radius 3 is 2.93 bits per heavy atom. The zero-order valence-electron chi connectivity index (χ0n) is 9.05. The second-order valence-corrected chi connectivity index (χ2v) is 4.47. The third kappa shape index (κ3) is 1.95. The van der Waals surface area contributed by atoms with Gasteiger partial charge in [-0.25, -0.2) is 0 Å². The Morgan fingerprint density at radius 1 is 1.43 bits per heavy atom. The van der Waals surface area contributed by atoms with E-state index < -0.39 is 0 Å². The van der Waals surface area contributed by atoms with Gasteiger partial charge < -0.3 is 14.8 Å². The molecule has 0 aromatic carbocycles. The summed E-state index contributed by atoms with van der Waals surface area (Å²) in [6, 6.07) is 0. The lowest BCUT2D eigenvalue weighted by Gasteiger charge is -2.39. The Kier molecular flexibility index (Phi) is 3.42. The van der Waals surface area contributed by atoms with Crippen LogP contribution in [0.1, 0.15) is 32.1 Å². The van der Waals surface area contributed by atoms with Crippen molar-refractivity contribution in [2.24, 2.45) is 0 Å². The molecule has 2 rings (SSSR count).